The highest BCUT2D eigenvalue weighted by Crippen LogP contribution is 2.33. The molecule has 1 N–H and O–H groups in total. The van der Waals surface area contributed by atoms with Gasteiger partial charge < -0.3 is 19.3 Å². The molecule has 0 aliphatic heterocycles. The number of hydrogen-bond acceptors (Lipinski definition) is 4. The van der Waals surface area contributed by atoms with Crippen molar-refractivity contribution in [3.05, 3.63) is 149 Å². The maximum absolute atomic E-state index is 13.9. The molecule has 5 rings (SSSR count). The normalized spacial score (nSPS) is 10.8. The monoisotopic (exact) mass is 642 g/mol. The minimum absolute atomic E-state index is 0.0216. The Hall–Kier alpha value is -5.57. The zero-order valence-electron chi connectivity index (χ0n) is 25.5. The van der Waals surface area contributed by atoms with Gasteiger partial charge in [-0.25, -0.2) is 22.4 Å². The lowest BCUT2D eigenvalue weighted by Gasteiger charge is -2.19. The van der Waals surface area contributed by atoms with Crippen molar-refractivity contribution in [1.29, 1.82) is 0 Å². The van der Waals surface area contributed by atoms with E-state index in [0.29, 0.717) is 57.3 Å². The molecule has 0 spiro atoms. The zero-order chi connectivity index (χ0) is 33.5. The molecule has 0 bridgehead atoms. The molecule has 0 radical (unpaired) electrons. The van der Waals surface area contributed by atoms with Crippen LogP contribution in [0.1, 0.15) is 23.6 Å². The van der Waals surface area contributed by atoms with Crippen LogP contribution in [-0.2, 0) is 9.53 Å². The van der Waals surface area contributed by atoms with E-state index in [4.69, 9.17) is 19.3 Å². The Kier molecular flexibility index (Phi) is 10.3. The Balaban J connectivity index is 1.52. The number of aryl methyl sites for hydroxylation is 1. The molecule has 0 unspecified atom stereocenters. The summed E-state index contributed by atoms with van der Waals surface area (Å²) < 4.78 is 72.5. The van der Waals surface area contributed by atoms with Crippen LogP contribution in [0.15, 0.2) is 109 Å². The third kappa shape index (κ3) is 7.99. The molecule has 5 nitrogen and oxygen atoms in total. The minimum Gasteiger partial charge on any atom is -0.494 e. The first-order chi connectivity index (χ1) is 22.6. The quantitative estimate of drug-likeness (QED) is 0.109. The van der Waals surface area contributed by atoms with E-state index in [2.05, 4.69) is 0 Å². The van der Waals surface area contributed by atoms with Crippen LogP contribution in [0.2, 0.25) is 0 Å². The summed E-state index contributed by atoms with van der Waals surface area (Å²) >= 11 is 0. The van der Waals surface area contributed by atoms with Gasteiger partial charge in [0.05, 0.1) is 6.61 Å². The fourth-order valence-corrected chi connectivity index (χ4v) is 5.02. The highest BCUT2D eigenvalue weighted by Gasteiger charge is 2.17. The summed E-state index contributed by atoms with van der Waals surface area (Å²) in [5.41, 5.74) is 5.25. The summed E-state index contributed by atoms with van der Waals surface area (Å²) in [6.45, 7) is 3.49. The molecular formula is C38H30F4O5. The molecule has 0 saturated carbocycles. The highest BCUT2D eigenvalue weighted by molar-refractivity contribution is 5.83. The first-order valence-corrected chi connectivity index (χ1v) is 14.7. The third-order valence-electron chi connectivity index (χ3n) is 7.32. The van der Waals surface area contributed by atoms with Crippen LogP contribution in [0.4, 0.5) is 17.6 Å². The van der Waals surface area contributed by atoms with Crippen LogP contribution in [-0.4, -0.2) is 30.9 Å². The minimum atomic E-state index is -1.08. The molecule has 0 atom stereocenters. The number of halogens is 4. The topological polar surface area (TPSA) is 65.0 Å². The Morgan fingerprint density at radius 3 is 1.57 bits per heavy atom. The summed E-state index contributed by atoms with van der Waals surface area (Å²) in [4.78, 5) is 10.9. The average Bonchev–Trinajstić information content (AvgIpc) is 3.06. The molecule has 47 heavy (non-hydrogen) atoms. The number of rotatable bonds is 12. The van der Waals surface area contributed by atoms with Crippen LogP contribution in [0.5, 0.6) is 11.5 Å². The Labute approximate surface area is 269 Å². The van der Waals surface area contributed by atoms with Crippen molar-refractivity contribution in [3.8, 4) is 33.8 Å². The first kappa shape index (κ1) is 32.8. The molecule has 0 aliphatic carbocycles. The molecule has 240 valence electrons. The van der Waals surface area contributed by atoms with Crippen LogP contribution in [0.25, 0.3) is 27.8 Å². The van der Waals surface area contributed by atoms with E-state index in [1.807, 2.05) is 31.2 Å². The second-order valence-electron chi connectivity index (χ2n) is 10.5. The summed E-state index contributed by atoms with van der Waals surface area (Å²) in [5.74, 6) is -3.41. The molecule has 5 aromatic rings. The van der Waals surface area contributed by atoms with E-state index >= 15 is 0 Å². The van der Waals surface area contributed by atoms with Crippen molar-refractivity contribution < 1.29 is 41.7 Å². The number of benzene rings is 5. The fourth-order valence-electron chi connectivity index (χ4n) is 5.02. The molecular weight excluding hydrogens is 612 g/mol. The lowest BCUT2D eigenvalue weighted by molar-refractivity contribution is -0.139. The second kappa shape index (κ2) is 14.7. The largest absolute Gasteiger partial charge is 0.494 e. The third-order valence-corrected chi connectivity index (χ3v) is 7.32. The smallest absolute Gasteiger partial charge is 0.341 e. The van der Waals surface area contributed by atoms with Crippen LogP contribution < -0.4 is 9.47 Å². The second-order valence-corrected chi connectivity index (χ2v) is 10.5. The predicted octanol–water partition coefficient (Wildman–Crippen LogP) is 9.22. The van der Waals surface area contributed by atoms with E-state index in [9.17, 15) is 22.4 Å². The maximum atomic E-state index is 13.9. The van der Waals surface area contributed by atoms with Gasteiger partial charge in [-0.1, -0.05) is 60.7 Å². The van der Waals surface area contributed by atoms with Crippen molar-refractivity contribution >= 4 is 11.5 Å². The molecule has 9 heteroatoms. The van der Waals surface area contributed by atoms with Crippen LogP contribution in [0, 0.1) is 30.2 Å². The fraction of sp³-hybridized carbons (Fsp3) is 0.132. The van der Waals surface area contributed by atoms with E-state index < -0.39 is 35.8 Å². The van der Waals surface area contributed by atoms with Gasteiger partial charge in [-0.3, -0.25) is 0 Å². The number of carbonyl (C=O) groups is 1. The van der Waals surface area contributed by atoms with Crippen LogP contribution in [0.3, 0.4) is 0 Å². The number of carboxylic acid groups (broad SMARTS) is 1. The lowest BCUT2D eigenvalue weighted by Crippen LogP contribution is -2.11. The number of aliphatic carboxylic acids is 1. The average molecular weight is 643 g/mol. The molecule has 0 heterocycles. The standard InChI is InChI=1S/C38H30F4O5/c1-3-45-36(21-46-30-14-17-35(23(2)18-30)47-22-37(43)44)38(26-8-4-24(5-9-26)28-12-15-31(39)33(41)19-28)27-10-6-25(7-11-27)29-13-16-32(40)34(42)20-29/h4-20H,3,21-22H2,1-2H3,(H,43,44). The molecule has 5 aromatic carbocycles. The molecule has 0 amide bonds. The van der Waals surface area contributed by atoms with Crippen molar-refractivity contribution in [2.75, 3.05) is 19.8 Å². The Morgan fingerprint density at radius 1 is 0.617 bits per heavy atom. The molecule has 0 aromatic heterocycles. The van der Waals surface area contributed by atoms with Crippen molar-refractivity contribution in [1.82, 2.24) is 0 Å². The van der Waals surface area contributed by atoms with E-state index in [1.165, 1.54) is 12.1 Å². The summed E-state index contributed by atoms with van der Waals surface area (Å²) in [6, 6.07) is 27.0. The van der Waals surface area contributed by atoms with Gasteiger partial charge in [-0.05, 0) is 95.3 Å². The summed E-state index contributed by atoms with van der Waals surface area (Å²) in [5, 5.41) is 8.92. The first-order valence-electron chi connectivity index (χ1n) is 14.7. The van der Waals surface area contributed by atoms with Gasteiger partial charge in [0.15, 0.2) is 29.9 Å². The van der Waals surface area contributed by atoms with Gasteiger partial charge in [0.25, 0.3) is 0 Å². The summed E-state index contributed by atoms with van der Waals surface area (Å²) in [6.07, 6.45) is 0. The SMILES string of the molecule is CCOC(COc1ccc(OCC(=O)O)c(C)c1)=C(c1ccc(-c2ccc(F)c(F)c2)cc1)c1ccc(-c2ccc(F)c(F)c2)cc1. The van der Waals surface area contributed by atoms with Crippen molar-refractivity contribution in [2.45, 2.75) is 13.8 Å². The number of hydrogen-bond donors (Lipinski definition) is 1. The van der Waals surface area contributed by atoms with Crippen molar-refractivity contribution in [3.63, 3.8) is 0 Å². The zero-order valence-corrected chi connectivity index (χ0v) is 25.5. The van der Waals surface area contributed by atoms with Gasteiger partial charge in [0.1, 0.15) is 23.9 Å². The predicted molar refractivity (Wildman–Crippen MR) is 171 cm³/mol. The number of ether oxygens (including phenoxy) is 3. The Bertz CT molecular complexity index is 1820. The van der Waals surface area contributed by atoms with Crippen molar-refractivity contribution in [2.24, 2.45) is 0 Å². The highest BCUT2D eigenvalue weighted by atomic mass is 19.2. The van der Waals surface area contributed by atoms with Gasteiger partial charge in [0.2, 0.25) is 0 Å². The van der Waals surface area contributed by atoms with Gasteiger partial charge in [-0.15, -0.1) is 0 Å². The lowest BCUT2D eigenvalue weighted by atomic mass is 9.93. The van der Waals surface area contributed by atoms with E-state index in [1.54, 1.807) is 49.4 Å². The summed E-state index contributed by atoms with van der Waals surface area (Å²) in [7, 11) is 0. The van der Waals surface area contributed by atoms with E-state index in [0.717, 1.165) is 35.4 Å². The Morgan fingerprint density at radius 2 is 1.13 bits per heavy atom. The van der Waals surface area contributed by atoms with Crippen LogP contribution >= 0.6 is 0 Å². The maximum Gasteiger partial charge on any atom is 0.341 e. The number of carboxylic acids is 1. The molecule has 0 aliphatic rings. The van der Waals surface area contributed by atoms with Gasteiger partial charge in [0, 0.05) is 5.57 Å². The van der Waals surface area contributed by atoms with Gasteiger partial charge >= 0.3 is 5.97 Å². The van der Waals surface area contributed by atoms with Gasteiger partial charge in [-0.2, -0.15) is 0 Å². The van der Waals surface area contributed by atoms with E-state index in [-0.39, 0.29) is 6.61 Å². The molecule has 0 fully saturated rings. The molecule has 0 saturated heterocycles.